The van der Waals surface area contributed by atoms with Gasteiger partial charge in [0, 0.05) is 18.2 Å². The van der Waals surface area contributed by atoms with Crippen molar-refractivity contribution in [3.63, 3.8) is 0 Å². The van der Waals surface area contributed by atoms with Gasteiger partial charge in [-0.2, -0.15) is 0 Å². The van der Waals surface area contributed by atoms with Crippen LogP contribution in [0, 0.1) is 12.8 Å². The molecule has 0 saturated heterocycles. The van der Waals surface area contributed by atoms with Crippen LogP contribution in [-0.2, 0) is 14.3 Å². The summed E-state index contributed by atoms with van der Waals surface area (Å²) in [5, 5.41) is 16.9. The number of para-hydroxylation sites is 1. The van der Waals surface area contributed by atoms with Gasteiger partial charge in [-0.25, -0.2) is 4.79 Å². The van der Waals surface area contributed by atoms with Crippen molar-refractivity contribution >= 4 is 17.9 Å². The number of nitrogens with one attached hydrogen (secondary N) is 2. The predicted molar refractivity (Wildman–Crippen MR) is 145 cm³/mol. The van der Waals surface area contributed by atoms with Crippen molar-refractivity contribution in [2.45, 2.75) is 117 Å². The van der Waals surface area contributed by atoms with Gasteiger partial charge in [0.05, 0.1) is 0 Å². The molecule has 3 N–H and O–H groups in total. The van der Waals surface area contributed by atoms with Crippen molar-refractivity contribution in [3.05, 3.63) is 29.3 Å². The van der Waals surface area contributed by atoms with Crippen LogP contribution in [-0.4, -0.2) is 52.1 Å². The number of carbonyl (C=O) groups is 3. The van der Waals surface area contributed by atoms with Crippen molar-refractivity contribution in [2.24, 2.45) is 5.92 Å². The molecular weight excluding hydrogens is 470 g/mol. The second kappa shape index (κ2) is 13.7. The second-order valence-electron chi connectivity index (χ2n) is 11.6. The van der Waals surface area contributed by atoms with E-state index in [1.54, 1.807) is 45.9 Å². The smallest absolute Gasteiger partial charge is 0.408 e. The lowest BCUT2D eigenvalue weighted by Crippen LogP contribution is -2.54. The van der Waals surface area contributed by atoms with Crippen LogP contribution >= 0.6 is 0 Å². The highest BCUT2D eigenvalue weighted by atomic mass is 16.6. The topological polar surface area (TPSA) is 108 Å². The van der Waals surface area contributed by atoms with E-state index in [9.17, 15) is 19.5 Å². The van der Waals surface area contributed by atoms with E-state index in [4.69, 9.17) is 4.74 Å². The Hall–Kier alpha value is -2.77. The summed E-state index contributed by atoms with van der Waals surface area (Å²) >= 11 is 0. The number of benzene rings is 1. The van der Waals surface area contributed by atoms with Gasteiger partial charge < -0.3 is 25.4 Å². The number of alkyl carbamates (subject to hydrolysis) is 1. The van der Waals surface area contributed by atoms with Gasteiger partial charge in [0.25, 0.3) is 0 Å². The molecule has 0 radical (unpaired) electrons. The number of ether oxygens (including phenoxy) is 1. The lowest BCUT2D eigenvalue weighted by Gasteiger charge is -2.36. The van der Waals surface area contributed by atoms with Gasteiger partial charge in [0.15, 0.2) is 0 Å². The fourth-order valence-electron chi connectivity index (χ4n) is 4.83. The summed E-state index contributed by atoms with van der Waals surface area (Å²) in [5.74, 6) is -0.573. The van der Waals surface area contributed by atoms with Crippen LogP contribution in [0.4, 0.5) is 4.79 Å². The Bertz CT molecular complexity index is 919. The summed E-state index contributed by atoms with van der Waals surface area (Å²) in [5.41, 5.74) is 0.298. The number of nitrogens with zero attached hydrogens (tertiary/aromatic N) is 1. The van der Waals surface area contributed by atoms with Crippen LogP contribution in [0.15, 0.2) is 18.2 Å². The van der Waals surface area contributed by atoms with Crippen LogP contribution in [0.25, 0.3) is 0 Å². The molecule has 0 heterocycles. The molecule has 2 unspecified atom stereocenters. The van der Waals surface area contributed by atoms with E-state index in [1.807, 2.05) is 20.8 Å². The molecule has 8 nitrogen and oxygen atoms in total. The van der Waals surface area contributed by atoms with Crippen molar-refractivity contribution in [3.8, 4) is 5.75 Å². The summed E-state index contributed by atoms with van der Waals surface area (Å²) in [6, 6.07) is 3.39. The Kier molecular flexibility index (Phi) is 11.3. The number of hydrogen-bond acceptors (Lipinski definition) is 5. The molecule has 1 aromatic rings. The lowest BCUT2D eigenvalue weighted by atomic mass is 9.93. The number of aryl methyl sites for hydroxylation is 1. The normalized spacial score (nSPS) is 16.1. The molecule has 208 valence electrons. The van der Waals surface area contributed by atoms with Crippen LogP contribution < -0.4 is 10.6 Å². The molecule has 0 bridgehead atoms. The van der Waals surface area contributed by atoms with Gasteiger partial charge >= 0.3 is 6.09 Å². The Morgan fingerprint density at radius 3 is 2.35 bits per heavy atom. The van der Waals surface area contributed by atoms with E-state index in [1.165, 1.54) is 4.90 Å². The molecule has 37 heavy (non-hydrogen) atoms. The Labute approximate surface area is 222 Å². The van der Waals surface area contributed by atoms with Crippen molar-refractivity contribution in [1.29, 1.82) is 0 Å². The van der Waals surface area contributed by atoms with E-state index in [-0.39, 0.29) is 29.5 Å². The number of hydrogen-bond donors (Lipinski definition) is 3. The molecule has 1 saturated carbocycles. The van der Waals surface area contributed by atoms with E-state index in [0.29, 0.717) is 30.5 Å². The van der Waals surface area contributed by atoms with Gasteiger partial charge in [-0.05, 0) is 64.9 Å². The van der Waals surface area contributed by atoms with Gasteiger partial charge in [-0.1, -0.05) is 58.2 Å². The number of rotatable bonds is 10. The summed E-state index contributed by atoms with van der Waals surface area (Å²) in [4.78, 5) is 42.1. The maximum absolute atomic E-state index is 14.1. The standard InChI is InChI=1S/C29H47N3O5/c1-8-17-32(27(35)23(18-19(2)3)31-28(36)37-29(5,6)7)24(22-16-12-13-20(4)25(22)33)26(34)30-21-14-10-9-11-15-21/h12-13,16,19,21,23-24,33H,8-11,14-15,17-18H2,1-7H3,(H,30,34)(H,31,36). The fourth-order valence-corrected chi connectivity index (χ4v) is 4.83. The zero-order chi connectivity index (χ0) is 27.8. The highest BCUT2D eigenvalue weighted by Crippen LogP contribution is 2.33. The van der Waals surface area contributed by atoms with Crippen molar-refractivity contribution in [2.75, 3.05) is 6.54 Å². The van der Waals surface area contributed by atoms with Crippen LogP contribution in [0.3, 0.4) is 0 Å². The molecule has 1 aromatic carbocycles. The van der Waals surface area contributed by atoms with Crippen molar-refractivity contribution in [1.82, 2.24) is 15.5 Å². The van der Waals surface area contributed by atoms with E-state index in [0.717, 1.165) is 32.1 Å². The summed E-state index contributed by atoms with van der Waals surface area (Å²) < 4.78 is 5.43. The molecule has 0 aromatic heterocycles. The number of aromatic hydroxyl groups is 1. The quantitative estimate of drug-likeness (QED) is 0.387. The molecule has 1 aliphatic carbocycles. The molecule has 3 amide bonds. The third kappa shape index (κ3) is 9.24. The minimum Gasteiger partial charge on any atom is -0.507 e. The Morgan fingerprint density at radius 2 is 1.78 bits per heavy atom. The lowest BCUT2D eigenvalue weighted by molar-refractivity contribution is -0.143. The SMILES string of the molecule is CCCN(C(=O)C(CC(C)C)NC(=O)OC(C)(C)C)C(C(=O)NC1CCCCC1)c1cccc(C)c1O. The van der Waals surface area contributed by atoms with Gasteiger partial charge in [-0.3, -0.25) is 9.59 Å². The summed E-state index contributed by atoms with van der Waals surface area (Å²) in [6.07, 6.45) is 5.37. The third-order valence-corrected chi connectivity index (χ3v) is 6.52. The van der Waals surface area contributed by atoms with Crippen molar-refractivity contribution < 1.29 is 24.2 Å². The average molecular weight is 518 g/mol. The maximum atomic E-state index is 14.1. The van der Waals surface area contributed by atoms with Gasteiger partial charge in [0.1, 0.15) is 23.4 Å². The van der Waals surface area contributed by atoms with E-state index in [2.05, 4.69) is 10.6 Å². The summed E-state index contributed by atoms with van der Waals surface area (Å²) in [6.45, 7) is 13.2. The molecule has 1 fully saturated rings. The maximum Gasteiger partial charge on any atom is 0.408 e. The second-order valence-corrected chi connectivity index (χ2v) is 11.6. The molecule has 0 aliphatic heterocycles. The highest BCUT2D eigenvalue weighted by Gasteiger charge is 2.38. The number of phenolic OH excluding ortho intramolecular Hbond substituents is 1. The first-order valence-electron chi connectivity index (χ1n) is 13.7. The summed E-state index contributed by atoms with van der Waals surface area (Å²) in [7, 11) is 0. The first-order valence-corrected chi connectivity index (χ1v) is 13.7. The molecule has 0 spiro atoms. The Balaban J connectivity index is 2.47. The molecule has 2 rings (SSSR count). The van der Waals surface area contributed by atoms with E-state index < -0.39 is 23.8 Å². The largest absolute Gasteiger partial charge is 0.507 e. The van der Waals surface area contributed by atoms with Crippen LogP contribution in [0.5, 0.6) is 5.75 Å². The molecule has 8 heteroatoms. The van der Waals surface area contributed by atoms with Gasteiger partial charge in [-0.15, -0.1) is 0 Å². The minimum absolute atomic E-state index is 0.000656. The zero-order valence-electron chi connectivity index (χ0n) is 23.7. The molecule has 2 atom stereocenters. The van der Waals surface area contributed by atoms with Crippen LogP contribution in [0.1, 0.15) is 104 Å². The fraction of sp³-hybridized carbons (Fsp3) is 0.690. The first-order chi connectivity index (χ1) is 17.3. The average Bonchev–Trinajstić information content (AvgIpc) is 2.79. The first kappa shape index (κ1) is 30.5. The molecular formula is C29H47N3O5. The highest BCUT2D eigenvalue weighted by molar-refractivity contribution is 5.92. The molecule has 1 aliphatic rings. The number of phenols is 1. The minimum atomic E-state index is -1.02. The number of amides is 3. The monoisotopic (exact) mass is 517 g/mol. The van der Waals surface area contributed by atoms with E-state index >= 15 is 0 Å². The van der Waals surface area contributed by atoms with Gasteiger partial charge in [0.2, 0.25) is 11.8 Å². The number of carbonyl (C=O) groups excluding carboxylic acids is 3. The zero-order valence-corrected chi connectivity index (χ0v) is 23.7. The third-order valence-electron chi connectivity index (χ3n) is 6.52. The predicted octanol–water partition coefficient (Wildman–Crippen LogP) is 5.37. The Morgan fingerprint density at radius 1 is 1.14 bits per heavy atom. The van der Waals surface area contributed by atoms with Crippen LogP contribution in [0.2, 0.25) is 0 Å².